The standard InChI is InChI=1S/C46H30/c1-2-6-30-21-31(10-9-29(30)5-1)32-11-12-34-23-35(14-13-33(34)22-32)36-16-19-45-41(25-36)28-42-26-38(17-20-46(42)45)37-15-18-44-40(24-37)27-39-7-3-4-8-43(39)44/h1-26H,27-28H2. The Kier molecular flexibility index (Phi) is 5.50. The zero-order chi connectivity index (χ0) is 30.2. The number of hydrogen-bond acceptors (Lipinski definition) is 0. The van der Waals surface area contributed by atoms with Crippen molar-refractivity contribution in [2.45, 2.75) is 12.8 Å². The molecule has 0 spiro atoms. The molecule has 0 radical (unpaired) electrons. The van der Waals surface area contributed by atoms with Gasteiger partial charge in [0, 0.05) is 0 Å². The van der Waals surface area contributed by atoms with Crippen LogP contribution in [0.25, 0.3) is 77.2 Å². The SMILES string of the molecule is c1ccc2c(c1)Cc1cc(-c3ccc4c(c3)Cc3cc(-c5ccc6cc(-c7ccc8ccccc8c7)ccc6c5)ccc3-4)ccc1-2. The number of fused-ring (bicyclic) bond motifs is 8. The van der Waals surface area contributed by atoms with Crippen molar-refractivity contribution >= 4 is 21.5 Å². The summed E-state index contributed by atoms with van der Waals surface area (Å²) in [7, 11) is 0. The third-order valence-electron chi connectivity index (χ3n) is 10.3. The molecular formula is C46H30. The van der Waals surface area contributed by atoms with Crippen molar-refractivity contribution in [3.8, 4) is 55.6 Å². The Morgan fingerprint density at radius 2 is 0.587 bits per heavy atom. The van der Waals surface area contributed by atoms with Gasteiger partial charge in [0.1, 0.15) is 0 Å². The molecule has 0 heterocycles. The Morgan fingerprint density at radius 1 is 0.239 bits per heavy atom. The fourth-order valence-electron chi connectivity index (χ4n) is 7.87. The van der Waals surface area contributed by atoms with Crippen LogP contribution in [-0.2, 0) is 12.8 Å². The maximum absolute atomic E-state index is 2.42. The largest absolute Gasteiger partial charge is 0.0619 e. The average molecular weight is 583 g/mol. The molecule has 10 rings (SSSR count). The van der Waals surface area contributed by atoms with Crippen LogP contribution in [0, 0.1) is 0 Å². The minimum absolute atomic E-state index is 0.978. The summed E-state index contributed by atoms with van der Waals surface area (Å²) >= 11 is 0. The molecule has 214 valence electrons. The number of hydrogen-bond donors (Lipinski definition) is 0. The normalized spacial score (nSPS) is 12.6. The van der Waals surface area contributed by atoms with Crippen LogP contribution in [0.5, 0.6) is 0 Å². The molecule has 0 N–H and O–H groups in total. The first kappa shape index (κ1) is 25.6. The van der Waals surface area contributed by atoms with E-state index in [1.807, 2.05) is 0 Å². The van der Waals surface area contributed by atoms with E-state index in [1.165, 1.54) is 99.4 Å². The Hall–Kier alpha value is -5.72. The highest BCUT2D eigenvalue weighted by Gasteiger charge is 2.21. The lowest BCUT2D eigenvalue weighted by Crippen LogP contribution is -1.86. The van der Waals surface area contributed by atoms with Crippen LogP contribution in [0.4, 0.5) is 0 Å². The predicted molar refractivity (Wildman–Crippen MR) is 194 cm³/mol. The minimum atomic E-state index is 0.978. The second-order valence-corrected chi connectivity index (χ2v) is 13.0. The van der Waals surface area contributed by atoms with Crippen LogP contribution >= 0.6 is 0 Å². The van der Waals surface area contributed by atoms with Gasteiger partial charge in [-0.15, -0.1) is 0 Å². The van der Waals surface area contributed by atoms with Gasteiger partial charge in [-0.3, -0.25) is 0 Å². The summed E-state index contributed by atoms with van der Waals surface area (Å²) in [5.74, 6) is 0. The second kappa shape index (κ2) is 9.89. The van der Waals surface area contributed by atoms with E-state index in [0.29, 0.717) is 0 Å². The van der Waals surface area contributed by atoms with Crippen LogP contribution in [-0.4, -0.2) is 0 Å². The first-order valence-corrected chi connectivity index (χ1v) is 16.2. The zero-order valence-corrected chi connectivity index (χ0v) is 25.4. The fourth-order valence-corrected chi connectivity index (χ4v) is 7.87. The van der Waals surface area contributed by atoms with Crippen molar-refractivity contribution in [2.75, 3.05) is 0 Å². The maximum atomic E-state index is 2.42. The number of rotatable bonds is 3. The first-order valence-electron chi connectivity index (χ1n) is 16.2. The van der Waals surface area contributed by atoms with Crippen molar-refractivity contribution in [3.63, 3.8) is 0 Å². The first-order chi connectivity index (χ1) is 22.7. The average Bonchev–Trinajstić information content (AvgIpc) is 3.68. The third kappa shape index (κ3) is 4.07. The highest BCUT2D eigenvalue weighted by atomic mass is 14.3. The van der Waals surface area contributed by atoms with Crippen molar-refractivity contribution in [3.05, 3.63) is 180 Å². The van der Waals surface area contributed by atoms with E-state index >= 15 is 0 Å². The number of benzene rings is 8. The van der Waals surface area contributed by atoms with Crippen molar-refractivity contribution in [1.82, 2.24) is 0 Å². The molecule has 2 aliphatic rings. The van der Waals surface area contributed by atoms with Crippen LogP contribution in [0.1, 0.15) is 22.3 Å². The van der Waals surface area contributed by atoms with E-state index in [0.717, 1.165) is 12.8 Å². The van der Waals surface area contributed by atoms with Crippen LogP contribution in [0.3, 0.4) is 0 Å². The fraction of sp³-hybridized carbons (Fsp3) is 0.0435. The van der Waals surface area contributed by atoms with Gasteiger partial charge in [0.2, 0.25) is 0 Å². The van der Waals surface area contributed by atoms with Crippen LogP contribution < -0.4 is 0 Å². The van der Waals surface area contributed by atoms with E-state index < -0.39 is 0 Å². The molecule has 2 aliphatic carbocycles. The van der Waals surface area contributed by atoms with Gasteiger partial charge in [-0.1, -0.05) is 140 Å². The highest BCUT2D eigenvalue weighted by molar-refractivity contribution is 5.94. The van der Waals surface area contributed by atoms with Crippen molar-refractivity contribution < 1.29 is 0 Å². The monoisotopic (exact) mass is 582 g/mol. The molecule has 0 bridgehead atoms. The summed E-state index contributed by atoms with van der Waals surface area (Å²) in [4.78, 5) is 0. The Labute approximate surface area is 269 Å². The summed E-state index contributed by atoms with van der Waals surface area (Å²) in [6, 6.07) is 59.0. The second-order valence-electron chi connectivity index (χ2n) is 13.0. The molecule has 8 aromatic rings. The molecule has 0 fully saturated rings. The topological polar surface area (TPSA) is 0 Å². The van der Waals surface area contributed by atoms with Crippen LogP contribution in [0.15, 0.2) is 158 Å². The van der Waals surface area contributed by atoms with Gasteiger partial charge >= 0.3 is 0 Å². The summed E-state index contributed by atoms with van der Waals surface area (Å²) < 4.78 is 0. The van der Waals surface area contributed by atoms with Crippen molar-refractivity contribution in [1.29, 1.82) is 0 Å². The van der Waals surface area contributed by atoms with Gasteiger partial charge in [-0.25, -0.2) is 0 Å². The third-order valence-corrected chi connectivity index (χ3v) is 10.3. The van der Waals surface area contributed by atoms with E-state index in [2.05, 4.69) is 158 Å². The molecule has 0 saturated carbocycles. The molecule has 0 aliphatic heterocycles. The van der Waals surface area contributed by atoms with E-state index in [4.69, 9.17) is 0 Å². The molecule has 8 aromatic carbocycles. The van der Waals surface area contributed by atoms with Gasteiger partial charge in [-0.05, 0) is 130 Å². The summed E-state index contributed by atoms with van der Waals surface area (Å²) in [5.41, 5.74) is 18.9. The molecule has 46 heavy (non-hydrogen) atoms. The molecule has 0 nitrogen and oxygen atoms in total. The van der Waals surface area contributed by atoms with Crippen LogP contribution in [0.2, 0.25) is 0 Å². The van der Waals surface area contributed by atoms with Gasteiger partial charge in [0.15, 0.2) is 0 Å². The lowest BCUT2D eigenvalue weighted by Gasteiger charge is -2.10. The quantitative estimate of drug-likeness (QED) is 0.194. The highest BCUT2D eigenvalue weighted by Crippen LogP contribution is 2.43. The molecule has 0 saturated heterocycles. The Balaban J connectivity index is 0.932. The molecule has 0 unspecified atom stereocenters. The summed E-state index contributed by atoms with van der Waals surface area (Å²) in [5, 5.41) is 5.10. The van der Waals surface area contributed by atoms with Gasteiger partial charge < -0.3 is 0 Å². The Morgan fingerprint density at radius 3 is 1.13 bits per heavy atom. The predicted octanol–water partition coefficient (Wildman–Crippen LogP) is 12.1. The molecule has 0 amide bonds. The zero-order valence-electron chi connectivity index (χ0n) is 25.4. The summed E-state index contributed by atoms with van der Waals surface area (Å²) in [6.45, 7) is 0. The van der Waals surface area contributed by atoms with Gasteiger partial charge in [0.25, 0.3) is 0 Å². The minimum Gasteiger partial charge on any atom is -0.0619 e. The molecule has 0 heteroatoms. The molecular weight excluding hydrogens is 553 g/mol. The Bertz CT molecular complexity index is 2530. The summed E-state index contributed by atoms with van der Waals surface area (Å²) in [6.07, 6.45) is 2.00. The maximum Gasteiger partial charge on any atom is -0.00130 e. The molecule has 0 aromatic heterocycles. The van der Waals surface area contributed by atoms with Crippen molar-refractivity contribution in [2.24, 2.45) is 0 Å². The van der Waals surface area contributed by atoms with E-state index in [9.17, 15) is 0 Å². The van der Waals surface area contributed by atoms with E-state index in [-0.39, 0.29) is 0 Å². The van der Waals surface area contributed by atoms with Gasteiger partial charge in [0.05, 0.1) is 0 Å². The lowest BCUT2D eigenvalue weighted by molar-refractivity contribution is 1.26. The smallest absolute Gasteiger partial charge is 0.00130 e. The molecule has 0 atom stereocenters. The van der Waals surface area contributed by atoms with E-state index in [1.54, 1.807) is 0 Å². The van der Waals surface area contributed by atoms with Gasteiger partial charge in [-0.2, -0.15) is 0 Å². The lowest BCUT2D eigenvalue weighted by atomic mass is 9.95.